The van der Waals surface area contributed by atoms with Gasteiger partial charge in [0.15, 0.2) is 0 Å². The number of hydrogen-bond donors (Lipinski definition) is 1. The number of nitrogens with zero attached hydrogens (tertiary/aromatic N) is 2. The van der Waals surface area contributed by atoms with E-state index in [1.54, 1.807) is 6.26 Å². The zero-order chi connectivity index (χ0) is 21.3. The summed E-state index contributed by atoms with van der Waals surface area (Å²) in [6, 6.07) is 14.4. The largest absolute Gasteiger partial charge is 0.464 e. The summed E-state index contributed by atoms with van der Waals surface area (Å²) < 4.78 is 7.73. The molecule has 2 aromatic carbocycles. The molecule has 1 amide bonds. The molecule has 0 radical (unpaired) electrons. The van der Waals surface area contributed by atoms with Crippen LogP contribution < -0.4 is 5.32 Å². The maximum absolute atomic E-state index is 12.6. The number of hydrogen-bond acceptors (Lipinski definition) is 3. The van der Waals surface area contributed by atoms with Crippen molar-refractivity contribution in [2.24, 2.45) is 0 Å². The van der Waals surface area contributed by atoms with Gasteiger partial charge in [-0.25, -0.2) is 0 Å². The van der Waals surface area contributed by atoms with Crippen LogP contribution in [0.1, 0.15) is 39.2 Å². The minimum Gasteiger partial charge on any atom is -0.464 e. The third-order valence-electron chi connectivity index (χ3n) is 5.86. The minimum atomic E-state index is -0.0227. The van der Waals surface area contributed by atoms with E-state index in [9.17, 15) is 4.79 Å². The highest BCUT2D eigenvalue weighted by molar-refractivity contribution is 5.89. The van der Waals surface area contributed by atoms with Gasteiger partial charge in [0.1, 0.15) is 5.58 Å². The van der Waals surface area contributed by atoms with Gasteiger partial charge in [-0.15, -0.1) is 0 Å². The molecule has 0 saturated heterocycles. The van der Waals surface area contributed by atoms with E-state index in [0.717, 1.165) is 45.6 Å². The highest BCUT2D eigenvalue weighted by Crippen LogP contribution is 2.26. The Kier molecular flexibility index (Phi) is 5.44. The van der Waals surface area contributed by atoms with Crippen LogP contribution in [0.2, 0.25) is 0 Å². The second-order valence-corrected chi connectivity index (χ2v) is 7.89. The highest BCUT2D eigenvalue weighted by atomic mass is 16.3. The van der Waals surface area contributed by atoms with Gasteiger partial charge in [-0.2, -0.15) is 5.10 Å². The summed E-state index contributed by atoms with van der Waals surface area (Å²) in [7, 11) is 0. The molecule has 154 valence electrons. The molecule has 1 N–H and O–H groups in total. The molecule has 0 fully saturated rings. The van der Waals surface area contributed by atoms with Gasteiger partial charge in [-0.1, -0.05) is 42.5 Å². The summed E-state index contributed by atoms with van der Waals surface area (Å²) in [4.78, 5) is 12.6. The van der Waals surface area contributed by atoms with Crippen molar-refractivity contribution in [3.05, 3.63) is 87.9 Å². The maximum Gasteiger partial charge on any atom is 0.224 e. The fourth-order valence-electron chi connectivity index (χ4n) is 3.85. The molecular formula is C25H27N3O2. The monoisotopic (exact) mass is 401 g/mol. The summed E-state index contributed by atoms with van der Waals surface area (Å²) >= 11 is 0. The second-order valence-electron chi connectivity index (χ2n) is 7.89. The number of rotatable bonds is 6. The average molecular weight is 402 g/mol. The van der Waals surface area contributed by atoms with Crippen molar-refractivity contribution in [1.82, 2.24) is 15.1 Å². The Morgan fingerprint density at radius 3 is 2.60 bits per heavy atom. The molecule has 0 bridgehead atoms. The van der Waals surface area contributed by atoms with Crippen LogP contribution in [0.4, 0.5) is 0 Å². The van der Waals surface area contributed by atoms with Gasteiger partial charge in [0.05, 0.1) is 24.9 Å². The lowest BCUT2D eigenvalue weighted by Crippen LogP contribution is -2.25. The molecule has 30 heavy (non-hydrogen) atoms. The number of fused-ring (bicyclic) bond motifs is 1. The quantitative estimate of drug-likeness (QED) is 0.506. The molecule has 4 rings (SSSR count). The van der Waals surface area contributed by atoms with Crippen molar-refractivity contribution in [3.8, 4) is 0 Å². The first-order valence-electron chi connectivity index (χ1n) is 10.2. The Balaban J connectivity index is 1.44. The molecule has 5 heteroatoms. The third-order valence-corrected chi connectivity index (χ3v) is 5.86. The van der Waals surface area contributed by atoms with Crippen molar-refractivity contribution in [1.29, 1.82) is 0 Å². The summed E-state index contributed by atoms with van der Waals surface area (Å²) in [5, 5.41) is 8.73. The minimum absolute atomic E-state index is 0.0227. The molecule has 0 spiro atoms. The smallest absolute Gasteiger partial charge is 0.224 e. The molecule has 2 aromatic heterocycles. The van der Waals surface area contributed by atoms with E-state index in [1.165, 1.54) is 11.1 Å². The van der Waals surface area contributed by atoms with E-state index in [1.807, 2.05) is 42.8 Å². The van der Waals surface area contributed by atoms with E-state index in [2.05, 4.69) is 42.5 Å². The number of aromatic nitrogens is 2. The number of benzene rings is 2. The number of amides is 1. The molecule has 0 aliphatic heterocycles. The van der Waals surface area contributed by atoms with Crippen LogP contribution in [0.5, 0.6) is 0 Å². The molecule has 5 nitrogen and oxygen atoms in total. The maximum atomic E-state index is 12.6. The van der Waals surface area contributed by atoms with Crippen LogP contribution in [-0.2, 0) is 24.3 Å². The highest BCUT2D eigenvalue weighted by Gasteiger charge is 2.15. The van der Waals surface area contributed by atoms with Crippen molar-refractivity contribution in [2.45, 2.75) is 47.2 Å². The van der Waals surface area contributed by atoms with Crippen LogP contribution in [0.25, 0.3) is 11.0 Å². The van der Waals surface area contributed by atoms with Gasteiger partial charge in [-0.05, 0) is 44.4 Å². The Hall–Kier alpha value is -3.34. The van der Waals surface area contributed by atoms with Crippen molar-refractivity contribution < 1.29 is 9.21 Å². The van der Waals surface area contributed by atoms with E-state index in [-0.39, 0.29) is 5.91 Å². The number of carbonyl (C=O) groups is 1. The van der Waals surface area contributed by atoms with Crippen LogP contribution in [0.15, 0.2) is 53.1 Å². The van der Waals surface area contributed by atoms with Gasteiger partial charge < -0.3 is 9.73 Å². The van der Waals surface area contributed by atoms with Crippen LogP contribution in [0.3, 0.4) is 0 Å². The zero-order valence-corrected chi connectivity index (χ0v) is 18.0. The van der Waals surface area contributed by atoms with Crippen molar-refractivity contribution in [3.63, 3.8) is 0 Å². The van der Waals surface area contributed by atoms with Crippen LogP contribution in [0, 0.1) is 27.7 Å². The number of nitrogens with one attached hydrogen (secondary N) is 1. The fourth-order valence-corrected chi connectivity index (χ4v) is 3.85. The third kappa shape index (κ3) is 3.88. The predicted octanol–water partition coefficient (Wildman–Crippen LogP) is 4.77. The number of aryl methyl sites for hydroxylation is 3. The predicted molar refractivity (Wildman–Crippen MR) is 118 cm³/mol. The van der Waals surface area contributed by atoms with Gasteiger partial charge in [0, 0.05) is 28.8 Å². The molecule has 0 saturated carbocycles. The summed E-state index contributed by atoms with van der Waals surface area (Å²) in [6.45, 7) is 9.35. The van der Waals surface area contributed by atoms with E-state index < -0.39 is 0 Å². The SMILES string of the molecule is Cc1ccc2c(CC(=O)NCc3c(C)nn(Cc4ccccc4)c3C)coc2c1C. The second kappa shape index (κ2) is 8.19. The standard InChI is InChI=1S/C25H27N3O2/c1-16-10-11-22-21(15-30-25(22)17(16)2)12-24(29)26-13-23-18(3)27-28(19(23)4)14-20-8-6-5-7-9-20/h5-11,15H,12-14H2,1-4H3,(H,26,29). The van der Waals surface area contributed by atoms with E-state index >= 15 is 0 Å². The topological polar surface area (TPSA) is 60.1 Å². The molecule has 0 aliphatic rings. The molecule has 4 aromatic rings. The molecule has 0 unspecified atom stereocenters. The van der Waals surface area contributed by atoms with Crippen LogP contribution >= 0.6 is 0 Å². The lowest BCUT2D eigenvalue weighted by molar-refractivity contribution is -0.120. The zero-order valence-electron chi connectivity index (χ0n) is 18.0. The van der Waals surface area contributed by atoms with Crippen molar-refractivity contribution >= 4 is 16.9 Å². The Morgan fingerprint density at radius 2 is 1.83 bits per heavy atom. The van der Waals surface area contributed by atoms with Crippen LogP contribution in [-0.4, -0.2) is 15.7 Å². The first kappa shape index (κ1) is 20.0. The normalized spacial score (nSPS) is 11.2. The van der Waals surface area contributed by atoms with Gasteiger partial charge in [0.2, 0.25) is 5.91 Å². The number of furan rings is 1. The summed E-state index contributed by atoms with van der Waals surface area (Å²) in [5.74, 6) is -0.0227. The molecular weight excluding hydrogens is 374 g/mol. The van der Waals surface area contributed by atoms with Crippen molar-refractivity contribution in [2.75, 3.05) is 0 Å². The molecule has 0 aliphatic carbocycles. The van der Waals surface area contributed by atoms with Gasteiger partial charge in [-0.3, -0.25) is 9.48 Å². The fraction of sp³-hybridized carbons (Fsp3) is 0.280. The molecule has 2 heterocycles. The summed E-state index contributed by atoms with van der Waals surface area (Å²) in [6.07, 6.45) is 2.00. The first-order chi connectivity index (χ1) is 14.4. The summed E-state index contributed by atoms with van der Waals surface area (Å²) in [5.41, 5.74) is 8.40. The van der Waals surface area contributed by atoms with Gasteiger partial charge in [0.25, 0.3) is 0 Å². The van der Waals surface area contributed by atoms with Gasteiger partial charge >= 0.3 is 0 Å². The lowest BCUT2D eigenvalue weighted by Gasteiger charge is -2.07. The molecule has 0 atom stereocenters. The number of carbonyl (C=O) groups excluding carboxylic acids is 1. The Labute approximate surface area is 176 Å². The van der Waals surface area contributed by atoms with E-state index in [4.69, 9.17) is 4.42 Å². The average Bonchev–Trinajstić information content (AvgIpc) is 3.25. The first-order valence-corrected chi connectivity index (χ1v) is 10.2. The van der Waals surface area contributed by atoms with E-state index in [0.29, 0.717) is 13.0 Å². The lowest BCUT2D eigenvalue weighted by atomic mass is 10.0. The Morgan fingerprint density at radius 1 is 1.07 bits per heavy atom. The Bertz CT molecular complexity index is 1200.